The van der Waals surface area contributed by atoms with Gasteiger partial charge in [0, 0.05) is 16.7 Å². The van der Waals surface area contributed by atoms with Gasteiger partial charge in [0.2, 0.25) is 0 Å². The lowest BCUT2D eigenvalue weighted by atomic mass is 10.2. The fraction of sp³-hybridized carbons (Fsp3) is 0.0909. The smallest absolute Gasteiger partial charge is 0.253 e. The molecule has 2 rings (SSSR count). The number of halogens is 1. The molecule has 76 valence electrons. The maximum atomic E-state index is 11.4. The highest BCUT2D eigenvalue weighted by Gasteiger charge is 2.00. The van der Waals surface area contributed by atoms with Gasteiger partial charge in [-0.25, -0.2) is 4.98 Å². The van der Waals surface area contributed by atoms with Crippen LogP contribution < -0.4 is 5.56 Å². The Balaban J connectivity index is 2.34. The number of hydrogen-bond acceptors (Lipinski definition) is 2. The van der Waals surface area contributed by atoms with Crippen LogP contribution in [-0.2, 0) is 6.54 Å². The van der Waals surface area contributed by atoms with Gasteiger partial charge in [0.25, 0.3) is 5.56 Å². The van der Waals surface area contributed by atoms with Crippen molar-refractivity contribution < 1.29 is 0 Å². The molecule has 0 fully saturated rings. The van der Waals surface area contributed by atoms with E-state index in [9.17, 15) is 4.79 Å². The first-order valence-corrected chi connectivity index (χ1v) is 5.30. The lowest BCUT2D eigenvalue weighted by Gasteiger charge is -2.05. The summed E-state index contributed by atoms with van der Waals surface area (Å²) in [5.74, 6) is 0. The Morgan fingerprint density at radius 3 is 2.80 bits per heavy atom. The number of rotatable bonds is 2. The zero-order valence-electron chi connectivity index (χ0n) is 7.93. The summed E-state index contributed by atoms with van der Waals surface area (Å²) in [6, 6.07) is 9.28. The summed E-state index contributed by atoms with van der Waals surface area (Å²) in [7, 11) is 0. The molecule has 0 N–H and O–H groups in total. The van der Waals surface area contributed by atoms with Crippen molar-refractivity contribution >= 4 is 15.9 Å². The molecule has 0 unspecified atom stereocenters. The third kappa shape index (κ3) is 2.33. The van der Waals surface area contributed by atoms with E-state index < -0.39 is 0 Å². The standard InChI is InChI=1S/C11H9BrN2O/c12-10-4-2-1-3-9(10)7-14-8-13-6-5-11(14)15/h1-6,8H,7H2. The van der Waals surface area contributed by atoms with E-state index >= 15 is 0 Å². The van der Waals surface area contributed by atoms with Crippen LogP contribution in [0, 0.1) is 0 Å². The minimum absolute atomic E-state index is 0.0410. The van der Waals surface area contributed by atoms with Crippen molar-refractivity contribution in [2.75, 3.05) is 0 Å². The van der Waals surface area contributed by atoms with Gasteiger partial charge in [0.05, 0.1) is 12.9 Å². The average Bonchev–Trinajstić information content (AvgIpc) is 2.24. The summed E-state index contributed by atoms with van der Waals surface area (Å²) in [6.45, 7) is 0.536. The predicted octanol–water partition coefficient (Wildman–Crippen LogP) is 2.05. The van der Waals surface area contributed by atoms with Crippen LogP contribution in [0.1, 0.15) is 5.56 Å². The maximum absolute atomic E-state index is 11.4. The quantitative estimate of drug-likeness (QED) is 0.833. The van der Waals surface area contributed by atoms with Gasteiger partial charge >= 0.3 is 0 Å². The minimum atomic E-state index is -0.0410. The monoisotopic (exact) mass is 264 g/mol. The zero-order valence-corrected chi connectivity index (χ0v) is 9.52. The van der Waals surface area contributed by atoms with E-state index in [2.05, 4.69) is 20.9 Å². The van der Waals surface area contributed by atoms with Crippen LogP contribution in [0.2, 0.25) is 0 Å². The molecule has 0 saturated carbocycles. The molecule has 15 heavy (non-hydrogen) atoms. The van der Waals surface area contributed by atoms with E-state index in [0.717, 1.165) is 10.0 Å². The zero-order chi connectivity index (χ0) is 10.7. The van der Waals surface area contributed by atoms with Crippen molar-refractivity contribution in [1.82, 2.24) is 9.55 Å². The highest BCUT2D eigenvalue weighted by atomic mass is 79.9. The largest absolute Gasteiger partial charge is 0.295 e. The third-order valence-corrected chi connectivity index (χ3v) is 2.86. The Labute approximate surface area is 95.5 Å². The van der Waals surface area contributed by atoms with E-state index in [4.69, 9.17) is 0 Å². The third-order valence-electron chi connectivity index (χ3n) is 2.09. The molecule has 0 bridgehead atoms. The Morgan fingerprint density at radius 2 is 2.07 bits per heavy atom. The second-order valence-corrected chi connectivity index (χ2v) is 3.99. The van der Waals surface area contributed by atoms with Crippen LogP contribution in [0.4, 0.5) is 0 Å². The van der Waals surface area contributed by atoms with Gasteiger partial charge in [0.1, 0.15) is 0 Å². The van der Waals surface area contributed by atoms with E-state index in [0.29, 0.717) is 6.54 Å². The molecule has 3 nitrogen and oxygen atoms in total. The van der Waals surface area contributed by atoms with Crippen LogP contribution in [-0.4, -0.2) is 9.55 Å². The molecule has 1 aromatic carbocycles. The first-order valence-electron chi connectivity index (χ1n) is 4.51. The van der Waals surface area contributed by atoms with Gasteiger partial charge < -0.3 is 0 Å². The Hall–Kier alpha value is -1.42. The molecular formula is C11H9BrN2O. The lowest BCUT2D eigenvalue weighted by molar-refractivity contribution is 0.733. The molecule has 0 spiro atoms. The molecule has 0 atom stereocenters. The summed E-state index contributed by atoms with van der Waals surface area (Å²) >= 11 is 3.44. The van der Waals surface area contributed by atoms with Crippen LogP contribution in [0.25, 0.3) is 0 Å². The molecule has 1 heterocycles. The number of hydrogen-bond donors (Lipinski definition) is 0. The summed E-state index contributed by atoms with van der Waals surface area (Å²) in [6.07, 6.45) is 3.04. The van der Waals surface area contributed by atoms with Gasteiger partial charge in [-0.3, -0.25) is 9.36 Å². The van der Waals surface area contributed by atoms with Gasteiger partial charge in [-0.15, -0.1) is 0 Å². The van der Waals surface area contributed by atoms with E-state index in [1.165, 1.54) is 12.3 Å². The molecule has 2 aromatic rings. The van der Waals surface area contributed by atoms with Crippen LogP contribution in [0.3, 0.4) is 0 Å². The number of benzene rings is 1. The lowest BCUT2D eigenvalue weighted by Crippen LogP contribution is -2.19. The van der Waals surface area contributed by atoms with Crippen molar-refractivity contribution in [3.8, 4) is 0 Å². The SMILES string of the molecule is O=c1ccncn1Cc1ccccc1Br. The summed E-state index contributed by atoms with van der Waals surface area (Å²) in [5.41, 5.74) is 1.02. The molecular weight excluding hydrogens is 256 g/mol. The van der Waals surface area contributed by atoms with Crippen molar-refractivity contribution in [1.29, 1.82) is 0 Å². The second kappa shape index (κ2) is 4.40. The summed E-state index contributed by atoms with van der Waals surface area (Å²) in [5, 5.41) is 0. The summed E-state index contributed by atoms with van der Waals surface area (Å²) in [4.78, 5) is 15.4. The molecule has 0 aliphatic carbocycles. The normalized spacial score (nSPS) is 10.2. The van der Waals surface area contributed by atoms with Crippen molar-refractivity contribution in [3.63, 3.8) is 0 Å². The average molecular weight is 265 g/mol. The number of aromatic nitrogens is 2. The molecule has 0 saturated heterocycles. The van der Waals surface area contributed by atoms with Gasteiger partial charge in [-0.1, -0.05) is 34.1 Å². The van der Waals surface area contributed by atoms with Crippen molar-refractivity contribution in [2.45, 2.75) is 6.54 Å². The fourth-order valence-electron chi connectivity index (χ4n) is 1.31. The first kappa shape index (κ1) is 10.1. The molecule has 0 aliphatic heterocycles. The highest BCUT2D eigenvalue weighted by Crippen LogP contribution is 2.16. The van der Waals surface area contributed by atoms with E-state index in [1.807, 2.05) is 24.3 Å². The highest BCUT2D eigenvalue weighted by molar-refractivity contribution is 9.10. The summed E-state index contributed by atoms with van der Waals surface area (Å²) < 4.78 is 2.57. The number of nitrogens with zero attached hydrogens (tertiary/aromatic N) is 2. The molecule has 0 amide bonds. The molecule has 0 aliphatic rings. The van der Waals surface area contributed by atoms with Crippen LogP contribution in [0.5, 0.6) is 0 Å². The maximum Gasteiger partial charge on any atom is 0.253 e. The second-order valence-electron chi connectivity index (χ2n) is 3.14. The van der Waals surface area contributed by atoms with Gasteiger partial charge in [-0.05, 0) is 11.6 Å². The van der Waals surface area contributed by atoms with Gasteiger partial charge in [-0.2, -0.15) is 0 Å². The van der Waals surface area contributed by atoms with Crippen LogP contribution >= 0.6 is 15.9 Å². The molecule has 4 heteroatoms. The van der Waals surface area contributed by atoms with E-state index in [1.54, 1.807) is 10.9 Å². The van der Waals surface area contributed by atoms with Crippen molar-refractivity contribution in [3.05, 3.63) is 63.2 Å². The Bertz CT molecular complexity index is 522. The van der Waals surface area contributed by atoms with Crippen molar-refractivity contribution in [2.24, 2.45) is 0 Å². The molecule has 0 radical (unpaired) electrons. The predicted molar refractivity (Wildman–Crippen MR) is 61.7 cm³/mol. The minimum Gasteiger partial charge on any atom is -0.295 e. The fourth-order valence-corrected chi connectivity index (χ4v) is 1.72. The Kier molecular flexibility index (Phi) is 2.97. The Morgan fingerprint density at radius 1 is 1.27 bits per heavy atom. The topological polar surface area (TPSA) is 34.9 Å². The van der Waals surface area contributed by atoms with Crippen LogP contribution in [0.15, 0.2) is 52.1 Å². The first-order chi connectivity index (χ1) is 7.27. The van der Waals surface area contributed by atoms with E-state index in [-0.39, 0.29) is 5.56 Å². The molecule has 1 aromatic heterocycles. The van der Waals surface area contributed by atoms with Gasteiger partial charge in [0.15, 0.2) is 0 Å².